The fraction of sp³-hybridized carbons (Fsp3) is 0.294. The zero-order chi connectivity index (χ0) is 15.6. The number of amides is 1. The highest BCUT2D eigenvalue weighted by molar-refractivity contribution is 5.95. The van der Waals surface area contributed by atoms with E-state index in [0.29, 0.717) is 25.1 Å². The summed E-state index contributed by atoms with van der Waals surface area (Å²) in [5.74, 6) is -0.0978. The largest absolute Gasteiger partial charge is 0.396 e. The monoisotopic (exact) mass is 299 g/mol. The standard InChI is InChI=1S/C17H21N3O2/c21-11-4-3-10-19-17(22)14-6-5-8-15(12-14)20-13-16-7-1-2-9-18-16/h1-2,5-9,12,20-21H,3-4,10-11,13H2,(H,19,22). The summed E-state index contributed by atoms with van der Waals surface area (Å²) in [6, 6.07) is 13.2. The van der Waals surface area contributed by atoms with Gasteiger partial charge in [0.1, 0.15) is 0 Å². The molecule has 0 aliphatic rings. The number of anilines is 1. The summed E-state index contributed by atoms with van der Waals surface area (Å²) < 4.78 is 0. The molecule has 0 aliphatic carbocycles. The first-order valence-electron chi connectivity index (χ1n) is 7.42. The molecule has 0 spiro atoms. The molecule has 2 rings (SSSR count). The van der Waals surface area contributed by atoms with Crippen molar-refractivity contribution in [2.75, 3.05) is 18.5 Å². The van der Waals surface area contributed by atoms with Crippen molar-refractivity contribution in [1.29, 1.82) is 0 Å². The molecule has 1 heterocycles. The predicted octanol–water partition coefficient (Wildman–Crippen LogP) is 2.20. The molecule has 5 nitrogen and oxygen atoms in total. The zero-order valence-electron chi connectivity index (χ0n) is 12.5. The highest BCUT2D eigenvalue weighted by Crippen LogP contribution is 2.11. The number of hydrogen-bond donors (Lipinski definition) is 3. The van der Waals surface area contributed by atoms with Gasteiger partial charge in [0, 0.05) is 30.6 Å². The normalized spacial score (nSPS) is 10.2. The second-order valence-electron chi connectivity index (χ2n) is 4.94. The van der Waals surface area contributed by atoms with Crippen molar-refractivity contribution >= 4 is 11.6 Å². The van der Waals surface area contributed by atoms with E-state index in [0.717, 1.165) is 17.8 Å². The van der Waals surface area contributed by atoms with Gasteiger partial charge in [0.05, 0.1) is 12.2 Å². The van der Waals surface area contributed by atoms with E-state index in [1.165, 1.54) is 0 Å². The number of hydrogen-bond acceptors (Lipinski definition) is 4. The van der Waals surface area contributed by atoms with Gasteiger partial charge in [0.15, 0.2) is 0 Å². The van der Waals surface area contributed by atoms with E-state index in [9.17, 15) is 4.79 Å². The summed E-state index contributed by atoms with van der Waals surface area (Å²) in [7, 11) is 0. The van der Waals surface area contributed by atoms with Gasteiger partial charge in [-0.15, -0.1) is 0 Å². The number of aromatic nitrogens is 1. The predicted molar refractivity (Wildman–Crippen MR) is 86.7 cm³/mol. The van der Waals surface area contributed by atoms with Crippen molar-refractivity contribution in [1.82, 2.24) is 10.3 Å². The van der Waals surface area contributed by atoms with Crippen LogP contribution in [0.4, 0.5) is 5.69 Å². The van der Waals surface area contributed by atoms with E-state index in [-0.39, 0.29) is 12.5 Å². The number of carbonyl (C=O) groups excluding carboxylic acids is 1. The number of aliphatic hydroxyl groups is 1. The maximum absolute atomic E-state index is 12.0. The molecule has 0 unspecified atom stereocenters. The van der Waals surface area contributed by atoms with Crippen molar-refractivity contribution in [3.05, 3.63) is 59.9 Å². The van der Waals surface area contributed by atoms with E-state index in [2.05, 4.69) is 15.6 Å². The molecule has 2 aromatic rings. The lowest BCUT2D eigenvalue weighted by Gasteiger charge is -2.09. The average molecular weight is 299 g/mol. The Morgan fingerprint density at radius 2 is 2.05 bits per heavy atom. The maximum Gasteiger partial charge on any atom is 0.251 e. The molecular weight excluding hydrogens is 278 g/mol. The summed E-state index contributed by atoms with van der Waals surface area (Å²) in [6.07, 6.45) is 3.24. The van der Waals surface area contributed by atoms with Gasteiger partial charge in [0.25, 0.3) is 5.91 Å². The third-order valence-electron chi connectivity index (χ3n) is 3.19. The second kappa shape index (κ2) is 8.79. The Bertz CT molecular complexity index is 587. The van der Waals surface area contributed by atoms with Gasteiger partial charge in [0.2, 0.25) is 0 Å². The molecular formula is C17H21N3O2. The van der Waals surface area contributed by atoms with Crippen LogP contribution in [0.25, 0.3) is 0 Å². The van der Waals surface area contributed by atoms with Gasteiger partial charge < -0.3 is 15.7 Å². The molecule has 1 amide bonds. The molecule has 0 bridgehead atoms. The van der Waals surface area contributed by atoms with Gasteiger partial charge >= 0.3 is 0 Å². The maximum atomic E-state index is 12.0. The van der Waals surface area contributed by atoms with Crippen LogP contribution in [0.5, 0.6) is 0 Å². The molecule has 0 saturated carbocycles. The lowest BCUT2D eigenvalue weighted by atomic mass is 10.2. The van der Waals surface area contributed by atoms with Crippen LogP contribution in [-0.2, 0) is 6.54 Å². The van der Waals surface area contributed by atoms with Crippen molar-refractivity contribution in [3.63, 3.8) is 0 Å². The minimum atomic E-state index is -0.0978. The van der Waals surface area contributed by atoms with Crippen molar-refractivity contribution < 1.29 is 9.90 Å². The van der Waals surface area contributed by atoms with Crippen LogP contribution in [-0.4, -0.2) is 29.1 Å². The molecule has 0 saturated heterocycles. The van der Waals surface area contributed by atoms with E-state index in [1.807, 2.05) is 36.4 Å². The molecule has 3 N–H and O–H groups in total. The molecule has 0 atom stereocenters. The summed E-state index contributed by atoms with van der Waals surface area (Å²) in [5, 5.41) is 14.8. The van der Waals surface area contributed by atoms with Gasteiger partial charge in [-0.05, 0) is 43.2 Å². The molecule has 5 heteroatoms. The molecule has 1 aromatic carbocycles. The molecule has 22 heavy (non-hydrogen) atoms. The molecule has 0 aliphatic heterocycles. The lowest BCUT2D eigenvalue weighted by Crippen LogP contribution is -2.24. The van der Waals surface area contributed by atoms with E-state index >= 15 is 0 Å². The van der Waals surface area contributed by atoms with Crippen LogP contribution in [0.3, 0.4) is 0 Å². The third-order valence-corrected chi connectivity index (χ3v) is 3.19. The summed E-state index contributed by atoms with van der Waals surface area (Å²) >= 11 is 0. The first-order chi connectivity index (χ1) is 10.8. The van der Waals surface area contributed by atoms with Gasteiger partial charge in [-0.2, -0.15) is 0 Å². The third kappa shape index (κ3) is 5.18. The zero-order valence-corrected chi connectivity index (χ0v) is 12.5. The fourth-order valence-corrected chi connectivity index (χ4v) is 2.01. The fourth-order valence-electron chi connectivity index (χ4n) is 2.01. The first-order valence-corrected chi connectivity index (χ1v) is 7.42. The van der Waals surface area contributed by atoms with Gasteiger partial charge in [-0.3, -0.25) is 9.78 Å². The SMILES string of the molecule is O=C(NCCCCO)c1cccc(NCc2ccccn2)c1. The summed E-state index contributed by atoms with van der Waals surface area (Å²) in [5.41, 5.74) is 2.45. The number of pyridine rings is 1. The van der Waals surface area contributed by atoms with Crippen LogP contribution in [0.2, 0.25) is 0 Å². The number of aliphatic hydroxyl groups excluding tert-OH is 1. The molecule has 0 fully saturated rings. The molecule has 1 aromatic heterocycles. The smallest absolute Gasteiger partial charge is 0.251 e. The van der Waals surface area contributed by atoms with Crippen LogP contribution < -0.4 is 10.6 Å². The Hall–Kier alpha value is -2.40. The Labute approximate surface area is 130 Å². The number of benzene rings is 1. The van der Waals surface area contributed by atoms with Crippen molar-refractivity contribution in [2.45, 2.75) is 19.4 Å². The minimum absolute atomic E-state index is 0.0978. The van der Waals surface area contributed by atoms with Crippen LogP contribution in [0, 0.1) is 0 Å². The number of unbranched alkanes of at least 4 members (excludes halogenated alkanes) is 1. The number of carbonyl (C=O) groups is 1. The van der Waals surface area contributed by atoms with E-state index in [1.54, 1.807) is 12.3 Å². The Kier molecular flexibility index (Phi) is 6.39. The Balaban J connectivity index is 1.87. The van der Waals surface area contributed by atoms with Gasteiger partial charge in [-0.25, -0.2) is 0 Å². The lowest BCUT2D eigenvalue weighted by molar-refractivity contribution is 0.0952. The molecule has 116 valence electrons. The van der Waals surface area contributed by atoms with Gasteiger partial charge in [-0.1, -0.05) is 12.1 Å². The van der Waals surface area contributed by atoms with Crippen LogP contribution in [0.1, 0.15) is 28.9 Å². The second-order valence-corrected chi connectivity index (χ2v) is 4.94. The summed E-state index contributed by atoms with van der Waals surface area (Å²) in [4.78, 5) is 16.3. The van der Waals surface area contributed by atoms with E-state index in [4.69, 9.17) is 5.11 Å². The highest BCUT2D eigenvalue weighted by atomic mass is 16.2. The van der Waals surface area contributed by atoms with Crippen LogP contribution >= 0.6 is 0 Å². The van der Waals surface area contributed by atoms with Crippen molar-refractivity contribution in [3.8, 4) is 0 Å². The minimum Gasteiger partial charge on any atom is -0.396 e. The number of nitrogens with zero attached hydrogens (tertiary/aromatic N) is 1. The topological polar surface area (TPSA) is 74.2 Å². The van der Waals surface area contributed by atoms with Crippen LogP contribution in [0.15, 0.2) is 48.7 Å². The Morgan fingerprint density at radius 1 is 1.14 bits per heavy atom. The van der Waals surface area contributed by atoms with Crippen molar-refractivity contribution in [2.24, 2.45) is 0 Å². The first kappa shape index (κ1) is 16.0. The average Bonchev–Trinajstić information content (AvgIpc) is 2.58. The Morgan fingerprint density at radius 3 is 2.82 bits per heavy atom. The number of rotatable bonds is 8. The number of nitrogens with one attached hydrogen (secondary N) is 2. The van der Waals surface area contributed by atoms with E-state index < -0.39 is 0 Å². The summed E-state index contributed by atoms with van der Waals surface area (Å²) in [6.45, 7) is 1.34. The quantitative estimate of drug-likeness (QED) is 0.653. The molecule has 0 radical (unpaired) electrons. The highest BCUT2D eigenvalue weighted by Gasteiger charge is 2.05.